The van der Waals surface area contributed by atoms with Crippen molar-refractivity contribution in [1.29, 1.82) is 0 Å². The Morgan fingerprint density at radius 2 is 1.82 bits per heavy atom. The summed E-state index contributed by atoms with van der Waals surface area (Å²) in [5, 5.41) is 0. The Morgan fingerprint density at radius 1 is 1.29 bits per heavy atom. The highest BCUT2D eigenvalue weighted by molar-refractivity contribution is 14.1. The van der Waals surface area contributed by atoms with Gasteiger partial charge in [0, 0.05) is 0 Å². The van der Waals surface area contributed by atoms with Crippen molar-refractivity contribution in [1.82, 2.24) is 0 Å². The molecule has 0 fully saturated rings. The molecule has 0 unspecified atom stereocenters. The van der Waals surface area contributed by atoms with Gasteiger partial charge in [-0.15, -0.1) is 0 Å². The minimum absolute atomic E-state index is 0.0510. The molecule has 0 atom stereocenters. The maximum Gasteiger partial charge on any atom is 0.282 e. The Hall–Kier alpha value is -0.920. The molecule has 2 N–H and O–H groups in total. The lowest BCUT2D eigenvalue weighted by atomic mass is 10.3. The molecule has 0 saturated heterocycles. The number of aliphatic imine (C=N–C) groups is 1. The summed E-state index contributed by atoms with van der Waals surface area (Å²) in [6.45, 7) is 5.39. The van der Waals surface area contributed by atoms with Gasteiger partial charge in [-0.3, -0.25) is 0 Å². The van der Waals surface area contributed by atoms with Crippen LogP contribution in [0.4, 0.5) is 8.78 Å². The lowest BCUT2D eigenvalue weighted by Gasteiger charge is -1.92. The van der Waals surface area contributed by atoms with E-state index in [1.807, 2.05) is 13.8 Å². The van der Waals surface area contributed by atoms with Crippen LogP contribution in [0.25, 0.3) is 0 Å². The van der Waals surface area contributed by atoms with Crippen molar-refractivity contribution in [2.75, 3.05) is 13.2 Å². The lowest BCUT2D eigenvalue weighted by molar-refractivity contribution is 0.342. The molecule has 0 radical (unpaired) electrons. The van der Waals surface area contributed by atoms with Crippen LogP contribution in [0.1, 0.15) is 13.8 Å². The summed E-state index contributed by atoms with van der Waals surface area (Å²) >= 11 is 1.62. The molecular formula is C11H15F2IN2O. The molecule has 0 amide bonds. The summed E-state index contributed by atoms with van der Waals surface area (Å²) in [4.78, 5) is 3.71. The molecular weight excluding hydrogens is 341 g/mol. The van der Waals surface area contributed by atoms with Gasteiger partial charge >= 0.3 is 0 Å². The first-order valence-corrected chi connectivity index (χ1v) is 6.21. The largest absolute Gasteiger partial charge is 0.463 e. The summed E-state index contributed by atoms with van der Waals surface area (Å²) in [7, 11) is 0. The van der Waals surface area contributed by atoms with Crippen molar-refractivity contribution < 1.29 is 13.5 Å². The van der Waals surface area contributed by atoms with Crippen LogP contribution in [0.3, 0.4) is 0 Å². The Bertz CT molecular complexity index is 352. The van der Waals surface area contributed by atoms with Crippen molar-refractivity contribution in [3.05, 3.63) is 33.4 Å². The molecule has 0 bridgehead atoms. The second-order valence-corrected chi connectivity index (χ2v) is 3.68. The number of halogens is 3. The van der Waals surface area contributed by atoms with Gasteiger partial charge in [0.25, 0.3) is 6.02 Å². The van der Waals surface area contributed by atoms with Crippen LogP contribution in [0.2, 0.25) is 0 Å². The van der Waals surface area contributed by atoms with Gasteiger partial charge < -0.3 is 10.5 Å². The van der Waals surface area contributed by atoms with E-state index >= 15 is 0 Å². The molecule has 1 aliphatic heterocycles. The van der Waals surface area contributed by atoms with E-state index in [1.165, 1.54) is 18.2 Å². The van der Waals surface area contributed by atoms with Gasteiger partial charge in [-0.2, -0.15) is 0 Å². The molecule has 2 rings (SSSR count). The van der Waals surface area contributed by atoms with Crippen LogP contribution >= 0.6 is 22.6 Å². The standard InChI is InChI=1S/C6H3F2I.C3H6N2O.C2H6/c7-4-2-1-3-5(8)6(4)9;4-3-5-1-2-6-3;1-2/h1-3H;1-2H2,(H2,4,5);1-2H3. The maximum atomic E-state index is 12.3. The summed E-state index contributed by atoms with van der Waals surface area (Å²) < 4.78 is 29.4. The van der Waals surface area contributed by atoms with Gasteiger partial charge in [-0.05, 0) is 34.7 Å². The highest BCUT2D eigenvalue weighted by atomic mass is 127. The van der Waals surface area contributed by atoms with E-state index in [0.29, 0.717) is 12.6 Å². The molecule has 1 heterocycles. The predicted molar refractivity (Wildman–Crippen MR) is 72.9 cm³/mol. The summed E-state index contributed by atoms with van der Waals surface area (Å²) in [5.74, 6) is -1.01. The zero-order valence-electron chi connectivity index (χ0n) is 9.71. The van der Waals surface area contributed by atoms with E-state index in [9.17, 15) is 8.78 Å². The molecule has 0 spiro atoms. The highest BCUT2D eigenvalue weighted by Crippen LogP contribution is 2.13. The first-order valence-electron chi connectivity index (χ1n) is 5.13. The molecule has 0 aliphatic carbocycles. The highest BCUT2D eigenvalue weighted by Gasteiger charge is 2.01. The summed E-state index contributed by atoms with van der Waals surface area (Å²) in [6.07, 6.45) is 0. The van der Waals surface area contributed by atoms with Crippen molar-refractivity contribution in [2.45, 2.75) is 13.8 Å². The number of nitrogens with two attached hydrogens (primary N) is 1. The molecule has 0 saturated carbocycles. The first kappa shape index (κ1) is 16.1. The molecule has 1 aromatic carbocycles. The van der Waals surface area contributed by atoms with Crippen LogP contribution in [-0.4, -0.2) is 19.2 Å². The Balaban J connectivity index is 0.000000278. The first-order chi connectivity index (χ1) is 8.11. The molecule has 96 valence electrons. The van der Waals surface area contributed by atoms with Crippen LogP contribution in [0.15, 0.2) is 23.2 Å². The van der Waals surface area contributed by atoms with Gasteiger partial charge in [0.15, 0.2) is 0 Å². The second kappa shape index (κ2) is 9.15. The number of nitrogens with zero attached hydrogens (tertiary/aromatic N) is 1. The monoisotopic (exact) mass is 356 g/mol. The molecule has 17 heavy (non-hydrogen) atoms. The number of rotatable bonds is 0. The second-order valence-electron chi connectivity index (χ2n) is 2.60. The quantitative estimate of drug-likeness (QED) is 0.574. The van der Waals surface area contributed by atoms with E-state index in [-0.39, 0.29) is 3.57 Å². The Labute approximate surface area is 113 Å². The lowest BCUT2D eigenvalue weighted by Crippen LogP contribution is -2.10. The minimum Gasteiger partial charge on any atom is -0.463 e. The normalized spacial score (nSPS) is 12.4. The van der Waals surface area contributed by atoms with Crippen LogP contribution in [-0.2, 0) is 4.74 Å². The number of ether oxygens (including phenoxy) is 1. The van der Waals surface area contributed by atoms with Crippen molar-refractivity contribution in [3.8, 4) is 0 Å². The number of hydrogen-bond acceptors (Lipinski definition) is 3. The summed E-state index contributed by atoms with van der Waals surface area (Å²) in [5.41, 5.74) is 5.06. The molecule has 3 nitrogen and oxygen atoms in total. The van der Waals surface area contributed by atoms with Gasteiger partial charge in [0.05, 0.1) is 10.1 Å². The Kier molecular flexibility index (Phi) is 8.65. The number of hydrogen-bond donors (Lipinski definition) is 1. The Morgan fingerprint density at radius 3 is 2.06 bits per heavy atom. The maximum absolute atomic E-state index is 12.3. The zero-order chi connectivity index (χ0) is 13.3. The van der Waals surface area contributed by atoms with Gasteiger partial charge in [0.1, 0.15) is 18.2 Å². The third-order valence-corrected chi connectivity index (χ3v) is 2.54. The average Bonchev–Trinajstić information content (AvgIpc) is 2.81. The minimum atomic E-state index is -0.504. The van der Waals surface area contributed by atoms with E-state index in [4.69, 9.17) is 5.73 Å². The van der Waals surface area contributed by atoms with Crippen molar-refractivity contribution >= 4 is 28.6 Å². The molecule has 0 aromatic heterocycles. The van der Waals surface area contributed by atoms with E-state index in [2.05, 4.69) is 9.73 Å². The van der Waals surface area contributed by atoms with Crippen LogP contribution in [0.5, 0.6) is 0 Å². The fourth-order valence-electron chi connectivity index (χ4n) is 0.829. The van der Waals surface area contributed by atoms with Crippen molar-refractivity contribution in [3.63, 3.8) is 0 Å². The van der Waals surface area contributed by atoms with Crippen LogP contribution in [0, 0.1) is 15.2 Å². The number of amidine groups is 1. The predicted octanol–water partition coefficient (Wildman–Crippen LogP) is 2.93. The third-order valence-electron chi connectivity index (χ3n) is 1.51. The van der Waals surface area contributed by atoms with Gasteiger partial charge in [-0.1, -0.05) is 19.9 Å². The fourth-order valence-corrected chi connectivity index (χ4v) is 1.19. The van der Waals surface area contributed by atoms with E-state index < -0.39 is 11.6 Å². The van der Waals surface area contributed by atoms with Gasteiger partial charge in [0.2, 0.25) is 0 Å². The molecule has 6 heteroatoms. The van der Waals surface area contributed by atoms with Crippen LogP contribution < -0.4 is 5.73 Å². The zero-order valence-corrected chi connectivity index (χ0v) is 11.9. The third kappa shape index (κ3) is 6.40. The SMILES string of the molecule is CC.Fc1cccc(F)c1I.NC1=NCCO1. The van der Waals surface area contributed by atoms with E-state index in [1.54, 1.807) is 22.6 Å². The smallest absolute Gasteiger partial charge is 0.282 e. The van der Waals surface area contributed by atoms with E-state index in [0.717, 1.165) is 6.54 Å². The van der Waals surface area contributed by atoms with Crippen molar-refractivity contribution in [2.24, 2.45) is 10.7 Å². The molecule has 1 aromatic rings. The topological polar surface area (TPSA) is 47.6 Å². The molecule has 1 aliphatic rings. The van der Waals surface area contributed by atoms with Gasteiger partial charge in [-0.25, -0.2) is 13.8 Å². The fraction of sp³-hybridized carbons (Fsp3) is 0.364. The average molecular weight is 356 g/mol. The summed E-state index contributed by atoms with van der Waals surface area (Å²) in [6, 6.07) is 4.12. The number of benzene rings is 1.